The van der Waals surface area contributed by atoms with Crippen LogP contribution in [0.25, 0.3) is 22.3 Å². The number of carbonyl (C=O) groups excluding carboxylic acids is 2. The summed E-state index contributed by atoms with van der Waals surface area (Å²) >= 11 is 0. The average molecular weight is 488 g/mol. The van der Waals surface area contributed by atoms with Gasteiger partial charge in [0.1, 0.15) is 5.69 Å². The van der Waals surface area contributed by atoms with Crippen LogP contribution in [0.5, 0.6) is 0 Å². The summed E-state index contributed by atoms with van der Waals surface area (Å²) in [6.45, 7) is 2.65. The second-order valence-corrected chi connectivity index (χ2v) is 8.17. The molecule has 2 amide bonds. The van der Waals surface area contributed by atoms with Crippen LogP contribution >= 0.6 is 0 Å². The first-order chi connectivity index (χ1) is 17.2. The highest BCUT2D eigenvalue weighted by Crippen LogP contribution is 2.30. The van der Waals surface area contributed by atoms with Crippen LogP contribution in [0, 0.1) is 6.92 Å². The number of aryl methyl sites for hydroxylation is 1. The Morgan fingerprint density at radius 3 is 2.42 bits per heavy atom. The number of rotatable bonds is 6. The number of pyridine rings is 2. The molecule has 0 radical (unpaired) electrons. The van der Waals surface area contributed by atoms with Gasteiger partial charge in [-0.1, -0.05) is 6.07 Å². The summed E-state index contributed by atoms with van der Waals surface area (Å²) in [4.78, 5) is 33.1. The van der Waals surface area contributed by atoms with Gasteiger partial charge in [-0.15, -0.1) is 5.10 Å². The summed E-state index contributed by atoms with van der Waals surface area (Å²) in [5.41, 5.74) is 4.19. The molecule has 0 saturated carbocycles. The molecule has 4 rings (SSSR count). The zero-order valence-electron chi connectivity index (χ0n) is 19.7. The number of amides is 2. The van der Waals surface area contributed by atoms with Gasteiger partial charge in [-0.2, -0.15) is 5.10 Å². The smallest absolute Gasteiger partial charge is 0.276 e. The topological polar surface area (TPSA) is 110 Å². The second kappa shape index (κ2) is 9.95. The van der Waals surface area contributed by atoms with Crippen LogP contribution in [-0.2, 0) is 5.92 Å². The molecule has 0 aliphatic rings. The summed E-state index contributed by atoms with van der Waals surface area (Å²) in [6.07, 6.45) is 5.86. The lowest BCUT2D eigenvalue weighted by Crippen LogP contribution is -2.19. The fourth-order valence-electron chi connectivity index (χ4n) is 3.53. The zero-order chi connectivity index (χ0) is 25.9. The standard InChI is InChI=1S/C26H22F2N6O2/c1-15-4-5-20(33-25(36)23-10-19(14-32-34-23)26(2,27)28)11-21(15)18-8-17(12-30-13-18)16-6-7-31-22(9-16)24(35)29-3/h4-14H,1-3H3,(H,29,35)(H,33,36). The molecule has 1 aromatic carbocycles. The van der Waals surface area contributed by atoms with Crippen LogP contribution in [-0.4, -0.2) is 39.0 Å². The van der Waals surface area contributed by atoms with Gasteiger partial charge < -0.3 is 10.6 Å². The van der Waals surface area contributed by atoms with E-state index in [-0.39, 0.29) is 17.3 Å². The van der Waals surface area contributed by atoms with Crippen molar-refractivity contribution in [3.8, 4) is 22.3 Å². The van der Waals surface area contributed by atoms with E-state index in [1.807, 2.05) is 19.1 Å². The third-order valence-corrected chi connectivity index (χ3v) is 5.49. The van der Waals surface area contributed by atoms with Crippen LogP contribution in [0.4, 0.5) is 14.5 Å². The molecule has 0 bridgehead atoms. The monoisotopic (exact) mass is 488 g/mol. The molecule has 0 saturated heterocycles. The minimum atomic E-state index is -3.14. The molecule has 3 heterocycles. The predicted octanol–water partition coefficient (Wildman–Crippen LogP) is 4.63. The Morgan fingerprint density at radius 2 is 1.67 bits per heavy atom. The van der Waals surface area contributed by atoms with Crippen LogP contribution < -0.4 is 10.6 Å². The van der Waals surface area contributed by atoms with E-state index in [4.69, 9.17) is 0 Å². The van der Waals surface area contributed by atoms with Crippen LogP contribution in [0.2, 0.25) is 0 Å². The van der Waals surface area contributed by atoms with E-state index in [9.17, 15) is 18.4 Å². The van der Waals surface area contributed by atoms with Gasteiger partial charge in [-0.3, -0.25) is 19.6 Å². The van der Waals surface area contributed by atoms with Gasteiger partial charge >= 0.3 is 0 Å². The molecule has 36 heavy (non-hydrogen) atoms. The van der Waals surface area contributed by atoms with Crippen molar-refractivity contribution in [3.63, 3.8) is 0 Å². The molecule has 182 valence electrons. The lowest BCUT2D eigenvalue weighted by atomic mass is 9.98. The van der Waals surface area contributed by atoms with Crippen LogP contribution in [0.15, 0.2) is 67.3 Å². The van der Waals surface area contributed by atoms with Crippen molar-refractivity contribution in [2.45, 2.75) is 19.8 Å². The number of anilines is 1. The first-order valence-electron chi connectivity index (χ1n) is 10.9. The largest absolute Gasteiger partial charge is 0.354 e. The molecule has 0 aliphatic carbocycles. The van der Waals surface area contributed by atoms with Crippen molar-refractivity contribution in [3.05, 3.63) is 89.8 Å². The second-order valence-electron chi connectivity index (χ2n) is 8.17. The molecule has 10 heteroatoms. The maximum absolute atomic E-state index is 13.6. The van der Waals surface area contributed by atoms with E-state index in [1.165, 1.54) is 7.05 Å². The number of hydrogen-bond acceptors (Lipinski definition) is 6. The Hall–Kier alpha value is -4.60. The number of aromatic nitrogens is 4. The highest BCUT2D eigenvalue weighted by molar-refractivity contribution is 6.03. The molecule has 2 N–H and O–H groups in total. The molecule has 0 unspecified atom stereocenters. The maximum Gasteiger partial charge on any atom is 0.276 e. The van der Waals surface area contributed by atoms with E-state index in [0.717, 1.165) is 47.0 Å². The van der Waals surface area contributed by atoms with Crippen molar-refractivity contribution < 1.29 is 18.4 Å². The predicted molar refractivity (Wildman–Crippen MR) is 131 cm³/mol. The quantitative estimate of drug-likeness (QED) is 0.410. The zero-order valence-corrected chi connectivity index (χ0v) is 19.7. The summed E-state index contributed by atoms with van der Waals surface area (Å²) in [5.74, 6) is -4.09. The molecule has 4 aromatic rings. The SMILES string of the molecule is CNC(=O)c1cc(-c2cncc(-c3cc(NC(=O)c4cc(C(C)(F)F)cnn4)ccc3C)c2)ccn1. The van der Waals surface area contributed by atoms with Gasteiger partial charge in [0.05, 0.1) is 6.20 Å². The van der Waals surface area contributed by atoms with Gasteiger partial charge in [-0.25, -0.2) is 8.78 Å². The molecule has 0 aliphatic heterocycles. The Labute approximate surface area is 205 Å². The van der Waals surface area contributed by atoms with Gasteiger partial charge in [0.25, 0.3) is 17.7 Å². The Morgan fingerprint density at radius 1 is 0.889 bits per heavy atom. The Kier molecular flexibility index (Phi) is 6.77. The number of hydrogen-bond donors (Lipinski definition) is 2. The first kappa shape index (κ1) is 24.5. The highest BCUT2D eigenvalue weighted by atomic mass is 19.3. The summed E-state index contributed by atoms with van der Waals surface area (Å²) in [5, 5.41) is 12.4. The van der Waals surface area contributed by atoms with Crippen LogP contribution in [0.3, 0.4) is 0 Å². The molecule has 0 fully saturated rings. The highest BCUT2D eigenvalue weighted by Gasteiger charge is 2.26. The average Bonchev–Trinajstić information content (AvgIpc) is 2.89. The van der Waals surface area contributed by atoms with Crippen molar-refractivity contribution in [1.29, 1.82) is 0 Å². The maximum atomic E-state index is 13.6. The lowest BCUT2D eigenvalue weighted by molar-refractivity contribution is 0.0169. The molecule has 0 spiro atoms. The Bertz CT molecular complexity index is 1450. The summed E-state index contributed by atoms with van der Waals surface area (Å²) in [6, 6.07) is 11.7. The molecular weight excluding hydrogens is 466 g/mol. The number of carbonyl (C=O) groups is 2. The van der Waals surface area contributed by atoms with Gasteiger partial charge in [0, 0.05) is 54.9 Å². The Balaban J connectivity index is 1.63. The summed E-state index contributed by atoms with van der Waals surface area (Å²) < 4.78 is 27.2. The minimum Gasteiger partial charge on any atom is -0.354 e. The third-order valence-electron chi connectivity index (χ3n) is 5.49. The minimum absolute atomic E-state index is 0.218. The third kappa shape index (κ3) is 5.38. The lowest BCUT2D eigenvalue weighted by Gasteiger charge is -2.13. The van der Waals surface area contributed by atoms with Gasteiger partial charge in [0.2, 0.25) is 0 Å². The number of nitrogens with one attached hydrogen (secondary N) is 2. The number of nitrogens with zero attached hydrogens (tertiary/aromatic N) is 4. The van der Waals surface area contributed by atoms with Gasteiger partial charge in [-0.05, 0) is 60.0 Å². The van der Waals surface area contributed by atoms with Crippen molar-refractivity contribution in [1.82, 2.24) is 25.5 Å². The van der Waals surface area contributed by atoms with Crippen LogP contribution in [0.1, 0.15) is 39.0 Å². The number of halogens is 2. The van der Waals surface area contributed by atoms with Crippen molar-refractivity contribution in [2.24, 2.45) is 0 Å². The van der Waals surface area contributed by atoms with Gasteiger partial charge in [0.15, 0.2) is 5.69 Å². The number of benzene rings is 1. The molecule has 0 atom stereocenters. The number of alkyl halides is 2. The normalized spacial score (nSPS) is 11.1. The van der Waals surface area contributed by atoms with E-state index >= 15 is 0 Å². The summed E-state index contributed by atoms with van der Waals surface area (Å²) in [7, 11) is 1.54. The van der Waals surface area contributed by atoms with E-state index in [1.54, 1.807) is 42.9 Å². The first-order valence-corrected chi connectivity index (χ1v) is 10.9. The van der Waals surface area contributed by atoms with E-state index in [0.29, 0.717) is 5.69 Å². The molecule has 8 nitrogen and oxygen atoms in total. The van der Waals surface area contributed by atoms with Crippen molar-refractivity contribution in [2.75, 3.05) is 12.4 Å². The molecular formula is C26H22F2N6O2. The van der Waals surface area contributed by atoms with E-state index < -0.39 is 17.4 Å². The van der Waals surface area contributed by atoms with E-state index in [2.05, 4.69) is 30.8 Å². The fraction of sp³-hybridized carbons (Fsp3) is 0.154. The molecule has 3 aromatic heterocycles. The fourth-order valence-corrected chi connectivity index (χ4v) is 3.53. The van der Waals surface area contributed by atoms with Crippen molar-refractivity contribution >= 4 is 17.5 Å².